The van der Waals surface area contributed by atoms with Gasteiger partial charge in [0.05, 0.1) is 6.42 Å². The molecule has 0 radical (unpaired) electrons. The van der Waals surface area contributed by atoms with Gasteiger partial charge in [-0.15, -0.1) is 0 Å². The number of nitrogens with one attached hydrogen (secondary N) is 1. The third kappa shape index (κ3) is 6.10. The molecule has 0 aliphatic rings. The highest BCUT2D eigenvalue weighted by molar-refractivity contribution is 6.30. The minimum absolute atomic E-state index is 0.0643. The zero-order valence-corrected chi connectivity index (χ0v) is 17.8. The molecule has 2 rings (SSSR count). The SMILES string of the molecule is CC[C@@H](C)NC(=O)[C@@H](C)N(Cc1cccc(Cl)c1)C(=O)Cc1ccccc1C. The lowest BCUT2D eigenvalue weighted by molar-refractivity contribution is -0.140. The van der Waals surface area contributed by atoms with Crippen LogP contribution in [0.4, 0.5) is 0 Å². The molecule has 28 heavy (non-hydrogen) atoms. The number of carbonyl (C=O) groups excluding carboxylic acids is 2. The van der Waals surface area contributed by atoms with E-state index in [0.717, 1.165) is 23.1 Å². The number of hydrogen-bond acceptors (Lipinski definition) is 2. The van der Waals surface area contributed by atoms with Crippen LogP contribution < -0.4 is 5.32 Å². The van der Waals surface area contributed by atoms with Crippen LogP contribution in [0, 0.1) is 6.92 Å². The van der Waals surface area contributed by atoms with Gasteiger partial charge < -0.3 is 10.2 Å². The highest BCUT2D eigenvalue weighted by Crippen LogP contribution is 2.17. The van der Waals surface area contributed by atoms with Gasteiger partial charge in [-0.3, -0.25) is 9.59 Å². The van der Waals surface area contributed by atoms with Crippen molar-refractivity contribution in [3.05, 3.63) is 70.2 Å². The molecule has 0 aliphatic heterocycles. The van der Waals surface area contributed by atoms with Crippen molar-refractivity contribution in [2.24, 2.45) is 0 Å². The van der Waals surface area contributed by atoms with E-state index in [-0.39, 0.29) is 24.3 Å². The molecule has 0 unspecified atom stereocenters. The van der Waals surface area contributed by atoms with Crippen LogP contribution >= 0.6 is 11.6 Å². The number of nitrogens with zero attached hydrogens (tertiary/aromatic N) is 1. The Morgan fingerprint density at radius 2 is 1.82 bits per heavy atom. The molecule has 2 aromatic carbocycles. The third-order valence-electron chi connectivity index (χ3n) is 5.01. The van der Waals surface area contributed by atoms with Crippen molar-refractivity contribution in [3.8, 4) is 0 Å². The number of aryl methyl sites for hydroxylation is 1. The summed E-state index contributed by atoms with van der Waals surface area (Å²) < 4.78 is 0. The fourth-order valence-corrected chi connectivity index (χ4v) is 3.17. The van der Waals surface area contributed by atoms with Crippen molar-refractivity contribution < 1.29 is 9.59 Å². The van der Waals surface area contributed by atoms with Crippen LogP contribution in [0.3, 0.4) is 0 Å². The molecule has 0 fully saturated rings. The Hall–Kier alpha value is -2.33. The predicted molar refractivity (Wildman–Crippen MR) is 114 cm³/mol. The van der Waals surface area contributed by atoms with E-state index in [1.807, 2.05) is 63.2 Å². The molecule has 2 aromatic rings. The Balaban J connectivity index is 2.25. The Morgan fingerprint density at radius 1 is 1.11 bits per heavy atom. The van der Waals surface area contributed by atoms with Crippen LogP contribution in [0.15, 0.2) is 48.5 Å². The fourth-order valence-electron chi connectivity index (χ4n) is 2.95. The number of amides is 2. The zero-order valence-electron chi connectivity index (χ0n) is 17.0. The maximum atomic E-state index is 13.2. The Bertz CT molecular complexity index is 822. The first-order chi connectivity index (χ1) is 13.3. The standard InChI is InChI=1S/C23H29ClN2O2/c1-5-17(3)25-23(28)18(4)26(15-19-10-8-12-21(24)13-19)22(27)14-20-11-7-6-9-16(20)2/h6-13,17-18H,5,14-15H2,1-4H3,(H,25,28)/t17-,18-/m1/s1. The average Bonchev–Trinajstić information content (AvgIpc) is 2.67. The number of rotatable bonds is 8. The van der Waals surface area contributed by atoms with Gasteiger partial charge in [-0.05, 0) is 56.0 Å². The highest BCUT2D eigenvalue weighted by atomic mass is 35.5. The monoisotopic (exact) mass is 400 g/mol. The van der Waals surface area contributed by atoms with Crippen LogP contribution in [0.5, 0.6) is 0 Å². The van der Waals surface area contributed by atoms with E-state index >= 15 is 0 Å². The van der Waals surface area contributed by atoms with E-state index in [4.69, 9.17) is 11.6 Å². The molecule has 0 aliphatic carbocycles. The van der Waals surface area contributed by atoms with Crippen molar-refractivity contribution in [2.75, 3.05) is 0 Å². The van der Waals surface area contributed by atoms with Gasteiger partial charge in [-0.1, -0.05) is 54.9 Å². The second-order valence-electron chi connectivity index (χ2n) is 7.25. The Labute approximate surface area is 172 Å². The van der Waals surface area contributed by atoms with E-state index in [0.29, 0.717) is 11.6 Å². The minimum Gasteiger partial charge on any atom is -0.352 e. The maximum Gasteiger partial charge on any atom is 0.242 e. The van der Waals surface area contributed by atoms with Gasteiger partial charge in [-0.2, -0.15) is 0 Å². The quantitative estimate of drug-likeness (QED) is 0.708. The molecule has 4 nitrogen and oxygen atoms in total. The molecule has 0 aromatic heterocycles. The number of hydrogen-bond donors (Lipinski definition) is 1. The largest absolute Gasteiger partial charge is 0.352 e. The molecular weight excluding hydrogens is 372 g/mol. The molecule has 2 atom stereocenters. The summed E-state index contributed by atoms with van der Waals surface area (Å²) in [7, 11) is 0. The number of halogens is 1. The normalized spacial score (nSPS) is 12.9. The van der Waals surface area contributed by atoms with Crippen molar-refractivity contribution in [1.29, 1.82) is 0 Å². The van der Waals surface area contributed by atoms with Gasteiger partial charge in [0.2, 0.25) is 11.8 Å². The summed E-state index contributed by atoms with van der Waals surface area (Å²) in [6, 6.07) is 14.7. The highest BCUT2D eigenvalue weighted by Gasteiger charge is 2.27. The van der Waals surface area contributed by atoms with Crippen molar-refractivity contribution in [1.82, 2.24) is 10.2 Å². The van der Waals surface area contributed by atoms with Gasteiger partial charge in [-0.25, -0.2) is 0 Å². The van der Waals surface area contributed by atoms with E-state index in [2.05, 4.69) is 5.32 Å². The molecule has 0 saturated carbocycles. The molecule has 0 saturated heterocycles. The van der Waals surface area contributed by atoms with E-state index < -0.39 is 6.04 Å². The summed E-state index contributed by atoms with van der Waals surface area (Å²) in [5, 5.41) is 3.59. The summed E-state index contributed by atoms with van der Waals surface area (Å²) in [5.74, 6) is -0.226. The molecule has 0 heterocycles. The van der Waals surface area contributed by atoms with E-state index in [1.54, 1.807) is 17.9 Å². The lowest BCUT2D eigenvalue weighted by Crippen LogP contribution is -2.49. The van der Waals surface area contributed by atoms with Gasteiger partial charge in [0.15, 0.2) is 0 Å². The van der Waals surface area contributed by atoms with Crippen LogP contribution in [-0.4, -0.2) is 28.8 Å². The molecule has 5 heteroatoms. The first-order valence-electron chi connectivity index (χ1n) is 9.70. The summed E-state index contributed by atoms with van der Waals surface area (Å²) in [6.07, 6.45) is 1.10. The van der Waals surface area contributed by atoms with Gasteiger partial charge >= 0.3 is 0 Å². The van der Waals surface area contributed by atoms with Gasteiger partial charge in [0, 0.05) is 17.6 Å². The van der Waals surface area contributed by atoms with E-state index in [9.17, 15) is 9.59 Å². The predicted octanol–water partition coefficient (Wildman–Crippen LogP) is 4.52. The molecule has 150 valence electrons. The first kappa shape index (κ1) is 22.0. The smallest absolute Gasteiger partial charge is 0.242 e. The minimum atomic E-state index is -0.579. The van der Waals surface area contributed by atoms with Crippen molar-refractivity contribution in [2.45, 2.75) is 59.2 Å². The summed E-state index contributed by atoms with van der Waals surface area (Å²) in [5.41, 5.74) is 2.93. The van der Waals surface area contributed by atoms with Gasteiger partial charge in [0.25, 0.3) is 0 Å². The zero-order chi connectivity index (χ0) is 20.7. The Kier molecular flexibility index (Phi) is 8.06. The molecule has 2 amide bonds. The first-order valence-corrected chi connectivity index (χ1v) is 10.1. The second kappa shape index (κ2) is 10.3. The lowest BCUT2D eigenvalue weighted by Gasteiger charge is -2.30. The third-order valence-corrected chi connectivity index (χ3v) is 5.25. The molecular formula is C23H29ClN2O2. The average molecular weight is 401 g/mol. The Morgan fingerprint density at radius 3 is 2.46 bits per heavy atom. The van der Waals surface area contributed by atoms with Crippen LogP contribution in [0.25, 0.3) is 0 Å². The number of benzene rings is 2. The topological polar surface area (TPSA) is 49.4 Å². The van der Waals surface area contributed by atoms with Crippen LogP contribution in [-0.2, 0) is 22.6 Å². The van der Waals surface area contributed by atoms with Crippen LogP contribution in [0.2, 0.25) is 5.02 Å². The second-order valence-corrected chi connectivity index (χ2v) is 7.69. The maximum absolute atomic E-state index is 13.2. The molecule has 0 bridgehead atoms. The van der Waals surface area contributed by atoms with Gasteiger partial charge in [0.1, 0.15) is 6.04 Å². The van der Waals surface area contributed by atoms with E-state index in [1.165, 1.54) is 0 Å². The summed E-state index contributed by atoms with van der Waals surface area (Å²) in [4.78, 5) is 27.5. The van der Waals surface area contributed by atoms with Crippen molar-refractivity contribution in [3.63, 3.8) is 0 Å². The number of carbonyl (C=O) groups is 2. The summed E-state index contributed by atoms with van der Waals surface area (Å²) in [6.45, 7) is 8.07. The van der Waals surface area contributed by atoms with Crippen molar-refractivity contribution >= 4 is 23.4 Å². The molecule has 0 spiro atoms. The van der Waals surface area contributed by atoms with Crippen LogP contribution in [0.1, 0.15) is 43.9 Å². The lowest BCUT2D eigenvalue weighted by atomic mass is 10.0. The fraction of sp³-hybridized carbons (Fsp3) is 0.391. The summed E-state index contributed by atoms with van der Waals surface area (Å²) >= 11 is 6.11. The molecule has 1 N–H and O–H groups in total.